The van der Waals surface area contributed by atoms with Gasteiger partial charge in [0.1, 0.15) is 0 Å². The molecule has 0 aliphatic heterocycles. The lowest BCUT2D eigenvalue weighted by Gasteiger charge is -2.28. The van der Waals surface area contributed by atoms with Crippen molar-refractivity contribution >= 4 is 0 Å². The molecule has 0 radical (unpaired) electrons. The summed E-state index contributed by atoms with van der Waals surface area (Å²) in [4.78, 5) is 0. The third-order valence-corrected chi connectivity index (χ3v) is 4.64. The lowest BCUT2D eigenvalue weighted by molar-refractivity contribution is 0.318. The van der Waals surface area contributed by atoms with Gasteiger partial charge in [-0.15, -0.1) is 0 Å². The van der Waals surface area contributed by atoms with Crippen molar-refractivity contribution in [3.63, 3.8) is 0 Å². The zero-order valence-electron chi connectivity index (χ0n) is 11.6. The van der Waals surface area contributed by atoms with Crippen molar-refractivity contribution in [1.29, 1.82) is 0 Å². The Morgan fingerprint density at radius 2 is 1.76 bits per heavy atom. The monoisotopic (exact) mass is 230 g/mol. The summed E-state index contributed by atoms with van der Waals surface area (Å²) >= 11 is 0. The molecule has 0 bridgehead atoms. The van der Waals surface area contributed by atoms with E-state index in [1.807, 2.05) is 0 Å². The average molecular weight is 230 g/mol. The third kappa shape index (κ3) is 2.91. The van der Waals surface area contributed by atoms with Crippen LogP contribution in [0.5, 0.6) is 0 Å². The molecule has 0 heterocycles. The van der Waals surface area contributed by atoms with Crippen LogP contribution < -0.4 is 0 Å². The summed E-state index contributed by atoms with van der Waals surface area (Å²) in [7, 11) is 0. The molecule has 1 aliphatic carbocycles. The molecule has 0 aromatic heterocycles. The molecule has 0 spiro atoms. The van der Waals surface area contributed by atoms with Gasteiger partial charge in [-0.05, 0) is 67.6 Å². The summed E-state index contributed by atoms with van der Waals surface area (Å²) < 4.78 is 0. The van der Waals surface area contributed by atoms with E-state index in [1.165, 1.54) is 43.2 Å². The predicted molar refractivity (Wildman–Crippen MR) is 75.5 cm³/mol. The molecule has 0 unspecified atom stereocenters. The Balaban J connectivity index is 2.06. The molecule has 1 aromatic rings. The topological polar surface area (TPSA) is 0 Å². The van der Waals surface area contributed by atoms with E-state index in [4.69, 9.17) is 0 Å². The van der Waals surface area contributed by atoms with Gasteiger partial charge in [-0.3, -0.25) is 0 Å². The normalized spacial score (nSPS) is 24.9. The van der Waals surface area contributed by atoms with E-state index in [0.717, 1.165) is 18.3 Å². The van der Waals surface area contributed by atoms with Crippen LogP contribution in [0, 0.1) is 12.8 Å². The second-order valence-corrected chi connectivity index (χ2v) is 5.67. The summed E-state index contributed by atoms with van der Waals surface area (Å²) in [5.41, 5.74) is 4.59. The fourth-order valence-corrected chi connectivity index (χ4v) is 3.27. The largest absolute Gasteiger partial charge is 0.0651 e. The minimum atomic E-state index is 0.836. The maximum Gasteiger partial charge on any atom is -0.0162 e. The molecule has 0 atom stereocenters. The van der Waals surface area contributed by atoms with Gasteiger partial charge in [-0.1, -0.05) is 38.5 Å². The van der Waals surface area contributed by atoms with Crippen molar-refractivity contribution in [1.82, 2.24) is 0 Å². The first-order valence-electron chi connectivity index (χ1n) is 7.34. The number of hydrogen-bond acceptors (Lipinski definition) is 0. The van der Waals surface area contributed by atoms with E-state index >= 15 is 0 Å². The van der Waals surface area contributed by atoms with Gasteiger partial charge >= 0.3 is 0 Å². The first-order valence-corrected chi connectivity index (χ1v) is 7.34. The maximum atomic E-state index is 2.44. The SMILES string of the molecule is CCc1ccc(C2CCC(CC)CC2)cc1C. The predicted octanol–water partition coefficient (Wildman–Crippen LogP) is 5.24. The summed E-state index contributed by atoms with van der Waals surface area (Å²) in [5, 5.41) is 0. The van der Waals surface area contributed by atoms with Gasteiger partial charge in [-0.25, -0.2) is 0 Å². The Kier molecular flexibility index (Phi) is 4.25. The highest BCUT2D eigenvalue weighted by atomic mass is 14.3. The first-order chi connectivity index (χ1) is 8.24. The molecule has 0 saturated heterocycles. The molecule has 1 fully saturated rings. The second kappa shape index (κ2) is 5.71. The van der Waals surface area contributed by atoms with Gasteiger partial charge in [-0.2, -0.15) is 0 Å². The van der Waals surface area contributed by atoms with Gasteiger partial charge in [0.25, 0.3) is 0 Å². The van der Waals surface area contributed by atoms with E-state index in [9.17, 15) is 0 Å². The molecule has 0 nitrogen and oxygen atoms in total. The third-order valence-electron chi connectivity index (χ3n) is 4.64. The lowest BCUT2D eigenvalue weighted by Crippen LogP contribution is -2.12. The molecule has 17 heavy (non-hydrogen) atoms. The Morgan fingerprint density at radius 3 is 2.29 bits per heavy atom. The van der Waals surface area contributed by atoms with Crippen LogP contribution in [0.1, 0.15) is 68.6 Å². The lowest BCUT2D eigenvalue weighted by atomic mass is 9.77. The molecule has 0 N–H and O–H groups in total. The fourth-order valence-electron chi connectivity index (χ4n) is 3.27. The number of aryl methyl sites for hydroxylation is 2. The molecular weight excluding hydrogens is 204 g/mol. The van der Waals surface area contributed by atoms with Gasteiger partial charge in [0, 0.05) is 0 Å². The van der Waals surface area contributed by atoms with Crippen LogP contribution in [-0.2, 0) is 6.42 Å². The van der Waals surface area contributed by atoms with Crippen molar-refractivity contribution in [3.8, 4) is 0 Å². The molecule has 1 saturated carbocycles. The van der Waals surface area contributed by atoms with Crippen LogP contribution in [0.25, 0.3) is 0 Å². The standard InChI is InChI=1S/C17H26/c1-4-14-6-8-16(9-7-14)17-11-10-15(5-2)13(3)12-17/h10-12,14,16H,4-9H2,1-3H3. The van der Waals surface area contributed by atoms with Crippen LogP contribution in [0.4, 0.5) is 0 Å². The zero-order chi connectivity index (χ0) is 12.3. The highest BCUT2D eigenvalue weighted by Crippen LogP contribution is 2.37. The summed E-state index contributed by atoms with van der Waals surface area (Å²) in [5.74, 6) is 1.84. The number of benzene rings is 1. The van der Waals surface area contributed by atoms with E-state index in [1.54, 1.807) is 5.56 Å². The van der Waals surface area contributed by atoms with Crippen LogP contribution in [0.3, 0.4) is 0 Å². The second-order valence-electron chi connectivity index (χ2n) is 5.67. The van der Waals surface area contributed by atoms with Crippen LogP contribution in [-0.4, -0.2) is 0 Å². The van der Waals surface area contributed by atoms with E-state index in [-0.39, 0.29) is 0 Å². The van der Waals surface area contributed by atoms with E-state index < -0.39 is 0 Å². The number of hydrogen-bond donors (Lipinski definition) is 0. The fraction of sp³-hybridized carbons (Fsp3) is 0.647. The molecule has 1 aromatic carbocycles. The summed E-state index contributed by atoms with van der Waals surface area (Å²) in [6.07, 6.45) is 8.23. The highest BCUT2D eigenvalue weighted by Gasteiger charge is 2.21. The summed E-state index contributed by atoms with van der Waals surface area (Å²) in [6.45, 7) is 6.85. The van der Waals surface area contributed by atoms with Gasteiger partial charge in [0.2, 0.25) is 0 Å². The smallest absolute Gasteiger partial charge is 0.0162 e. The molecule has 0 amide bonds. The highest BCUT2D eigenvalue weighted by molar-refractivity contribution is 5.33. The average Bonchev–Trinajstić information content (AvgIpc) is 2.39. The Hall–Kier alpha value is -0.780. The van der Waals surface area contributed by atoms with Crippen molar-refractivity contribution < 1.29 is 0 Å². The molecule has 0 heteroatoms. The minimum Gasteiger partial charge on any atom is -0.0651 e. The maximum absolute atomic E-state index is 2.44. The van der Waals surface area contributed by atoms with Crippen molar-refractivity contribution in [2.45, 2.75) is 65.2 Å². The molecular formula is C17H26. The quantitative estimate of drug-likeness (QED) is 0.666. The molecule has 94 valence electrons. The van der Waals surface area contributed by atoms with Gasteiger partial charge in [0.05, 0.1) is 0 Å². The Morgan fingerprint density at radius 1 is 1.06 bits per heavy atom. The summed E-state index contributed by atoms with van der Waals surface area (Å²) in [6, 6.07) is 7.16. The Bertz CT molecular complexity index is 356. The van der Waals surface area contributed by atoms with Gasteiger partial charge < -0.3 is 0 Å². The van der Waals surface area contributed by atoms with Crippen LogP contribution in [0.15, 0.2) is 18.2 Å². The van der Waals surface area contributed by atoms with Crippen molar-refractivity contribution in [2.24, 2.45) is 5.92 Å². The zero-order valence-corrected chi connectivity index (χ0v) is 11.6. The van der Waals surface area contributed by atoms with Crippen LogP contribution in [0.2, 0.25) is 0 Å². The van der Waals surface area contributed by atoms with Crippen molar-refractivity contribution in [2.75, 3.05) is 0 Å². The molecule has 2 rings (SSSR count). The number of rotatable bonds is 3. The van der Waals surface area contributed by atoms with Crippen molar-refractivity contribution in [3.05, 3.63) is 34.9 Å². The Labute approximate surface area is 106 Å². The molecule has 1 aliphatic rings. The minimum absolute atomic E-state index is 0.836. The van der Waals surface area contributed by atoms with E-state index in [0.29, 0.717) is 0 Å². The van der Waals surface area contributed by atoms with Crippen LogP contribution >= 0.6 is 0 Å². The van der Waals surface area contributed by atoms with Gasteiger partial charge in [0.15, 0.2) is 0 Å². The first kappa shape index (κ1) is 12.7. The van der Waals surface area contributed by atoms with E-state index in [2.05, 4.69) is 39.0 Å².